The fourth-order valence-corrected chi connectivity index (χ4v) is 6.54. The van der Waals surface area contributed by atoms with Crippen LogP contribution in [-0.2, 0) is 20.2 Å². The first kappa shape index (κ1) is 26.2. The zero-order valence-electron chi connectivity index (χ0n) is 20.5. The van der Waals surface area contributed by atoms with Crippen LogP contribution in [0.1, 0.15) is 31.9 Å². The number of ether oxygens (including phenoxy) is 1. The lowest BCUT2D eigenvalue weighted by atomic mass is 9.86. The number of fused-ring (bicyclic) bond motifs is 1. The van der Waals surface area contributed by atoms with Gasteiger partial charge in [-0.05, 0) is 42.2 Å². The van der Waals surface area contributed by atoms with E-state index >= 15 is 0 Å². The van der Waals surface area contributed by atoms with E-state index in [0.717, 1.165) is 11.1 Å². The molecule has 8 nitrogen and oxygen atoms in total. The van der Waals surface area contributed by atoms with E-state index in [1.807, 2.05) is 19.1 Å². The fraction of sp³-hybridized carbons (Fsp3) is 0.320. The van der Waals surface area contributed by atoms with Gasteiger partial charge in [0.25, 0.3) is 15.9 Å². The number of nitrogens with one attached hydrogen (secondary N) is 1. The second-order valence-electron chi connectivity index (χ2n) is 9.35. The molecule has 1 aromatic heterocycles. The van der Waals surface area contributed by atoms with Crippen LogP contribution < -0.4 is 14.4 Å². The van der Waals surface area contributed by atoms with Crippen molar-refractivity contribution < 1.29 is 17.9 Å². The molecule has 190 valence electrons. The van der Waals surface area contributed by atoms with E-state index in [9.17, 15) is 13.2 Å². The highest BCUT2D eigenvalue weighted by Gasteiger charge is 2.38. The van der Waals surface area contributed by atoms with E-state index in [-0.39, 0.29) is 16.9 Å². The van der Waals surface area contributed by atoms with Crippen LogP contribution in [0.5, 0.6) is 5.75 Å². The average Bonchev–Trinajstić information content (AvgIpc) is 3.28. The summed E-state index contributed by atoms with van der Waals surface area (Å²) in [6.07, 6.45) is 0.678. The Balaban J connectivity index is 1.68. The zero-order valence-corrected chi connectivity index (χ0v) is 23.0. The number of benzene rings is 2. The average molecular weight is 545 g/mol. The van der Waals surface area contributed by atoms with Crippen LogP contribution in [0, 0.1) is 6.92 Å². The standard InChI is InChI=1S/C25H28N4O4S3/c1-6-13-34-24-28-27-23(35-24)26-22(30)21-15-29(36(31,32)18-10-7-16(2)8-11-18)19-14-17(25(3,4)5)9-12-20(19)33-21/h6-12,14,21H,1,13,15H2,2-5H3,(H,26,27,30)/t21-/m0/s1. The highest BCUT2D eigenvalue weighted by Crippen LogP contribution is 2.40. The number of aryl methyl sites for hydroxylation is 1. The normalized spacial score (nSPS) is 15.7. The minimum atomic E-state index is -3.96. The summed E-state index contributed by atoms with van der Waals surface area (Å²) in [4.78, 5) is 13.3. The van der Waals surface area contributed by atoms with Crippen molar-refractivity contribution in [3.05, 3.63) is 66.2 Å². The van der Waals surface area contributed by atoms with Crippen molar-refractivity contribution in [1.82, 2.24) is 10.2 Å². The number of hydrogen-bond acceptors (Lipinski definition) is 8. The molecular weight excluding hydrogens is 517 g/mol. The monoisotopic (exact) mass is 544 g/mol. The van der Waals surface area contributed by atoms with Crippen molar-refractivity contribution in [3.8, 4) is 5.75 Å². The van der Waals surface area contributed by atoms with Crippen LogP contribution >= 0.6 is 23.1 Å². The Kier molecular flexibility index (Phi) is 7.44. The molecule has 1 amide bonds. The van der Waals surface area contributed by atoms with Gasteiger partial charge >= 0.3 is 0 Å². The van der Waals surface area contributed by atoms with Crippen LogP contribution in [0.25, 0.3) is 0 Å². The van der Waals surface area contributed by atoms with Gasteiger partial charge in [0, 0.05) is 5.75 Å². The smallest absolute Gasteiger partial charge is 0.269 e. The molecule has 1 N–H and O–H groups in total. The first-order chi connectivity index (χ1) is 17.0. The lowest BCUT2D eigenvalue weighted by molar-refractivity contribution is -0.122. The van der Waals surface area contributed by atoms with Gasteiger partial charge < -0.3 is 4.74 Å². The summed E-state index contributed by atoms with van der Waals surface area (Å²) < 4.78 is 35.5. The molecule has 1 atom stereocenters. The van der Waals surface area contributed by atoms with Crippen molar-refractivity contribution in [1.29, 1.82) is 0 Å². The summed E-state index contributed by atoms with van der Waals surface area (Å²) >= 11 is 2.69. The number of sulfonamides is 1. The second kappa shape index (κ2) is 10.2. The number of carbonyl (C=O) groups excluding carboxylic acids is 1. The van der Waals surface area contributed by atoms with Gasteiger partial charge in [0.15, 0.2) is 10.4 Å². The number of amides is 1. The summed E-state index contributed by atoms with van der Waals surface area (Å²) in [6, 6.07) is 12.1. The van der Waals surface area contributed by atoms with E-state index < -0.39 is 22.0 Å². The Morgan fingerprint density at radius 1 is 1.25 bits per heavy atom. The molecule has 0 saturated heterocycles. The molecule has 0 saturated carbocycles. The van der Waals surface area contributed by atoms with Gasteiger partial charge in [-0.2, -0.15) is 0 Å². The fourth-order valence-electron chi connectivity index (χ4n) is 3.55. The van der Waals surface area contributed by atoms with E-state index in [0.29, 0.717) is 26.7 Å². The van der Waals surface area contributed by atoms with Crippen LogP contribution in [0.15, 0.2) is 64.4 Å². The lowest BCUT2D eigenvalue weighted by Gasteiger charge is -2.35. The molecule has 0 spiro atoms. The molecule has 1 aliphatic heterocycles. The highest BCUT2D eigenvalue weighted by atomic mass is 32.2. The predicted molar refractivity (Wildman–Crippen MR) is 145 cm³/mol. The van der Waals surface area contributed by atoms with Crippen LogP contribution in [-0.4, -0.2) is 42.9 Å². The van der Waals surface area contributed by atoms with Crippen LogP contribution in [0.4, 0.5) is 10.8 Å². The number of hydrogen-bond donors (Lipinski definition) is 1. The molecule has 4 rings (SSSR count). The number of anilines is 2. The molecule has 2 heterocycles. The molecule has 0 radical (unpaired) electrons. The maximum Gasteiger partial charge on any atom is 0.269 e. The van der Waals surface area contributed by atoms with Gasteiger partial charge in [0.05, 0.1) is 17.1 Å². The Morgan fingerprint density at radius 2 is 1.97 bits per heavy atom. The van der Waals surface area contributed by atoms with Crippen molar-refractivity contribution in [2.45, 2.75) is 48.4 Å². The molecule has 11 heteroatoms. The summed E-state index contributed by atoms with van der Waals surface area (Å²) in [5.74, 6) is 0.499. The SMILES string of the molecule is C=CCSc1nnc(NC(=O)[C@@H]2CN(S(=O)(=O)c3ccc(C)cc3)c3cc(C(C)(C)C)ccc3O2)s1. The van der Waals surface area contributed by atoms with E-state index in [1.165, 1.54) is 27.4 Å². The third-order valence-corrected chi connectivity index (χ3v) is 9.32. The first-order valence-corrected chi connectivity index (χ1v) is 14.5. The molecule has 36 heavy (non-hydrogen) atoms. The van der Waals surface area contributed by atoms with E-state index in [4.69, 9.17) is 4.74 Å². The Labute approximate surface area is 219 Å². The number of nitrogens with zero attached hydrogens (tertiary/aromatic N) is 3. The first-order valence-electron chi connectivity index (χ1n) is 11.3. The number of carbonyl (C=O) groups is 1. The molecule has 0 aliphatic carbocycles. The second-order valence-corrected chi connectivity index (χ2v) is 13.5. The summed E-state index contributed by atoms with van der Waals surface area (Å²) in [5, 5.41) is 11.1. The molecule has 0 fully saturated rings. The predicted octanol–water partition coefficient (Wildman–Crippen LogP) is 5.02. The van der Waals surface area contributed by atoms with Crippen LogP contribution in [0.3, 0.4) is 0 Å². The maximum absolute atomic E-state index is 13.8. The van der Waals surface area contributed by atoms with E-state index in [1.54, 1.807) is 36.4 Å². The topological polar surface area (TPSA) is 101 Å². The number of rotatable bonds is 7. The largest absolute Gasteiger partial charge is 0.476 e. The number of aromatic nitrogens is 2. The molecule has 0 unspecified atom stereocenters. The van der Waals surface area contributed by atoms with Gasteiger partial charge in [0.1, 0.15) is 5.75 Å². The van der Waals surface area contributed by atoms with Crippen molar-refractivity contribution >= 4 is 49.8 Å². The molecular formula is C25H28N4O4S3. The third kappa shape index (κ3) is 5.58. The maximum atomic E-state index is 13.8. The Morgan fingerprint density at radius 3 is 2.64 bits per heavy atom. The summed E-state index contributed by atoms with van der Waals surface area (Å²) in [5.41, 5.74) is 2.11. The van der Waals surface area contributed by atoms with E-state index in [2.05, 4.69) is 42.9 Å². The Bertz CT molecular complexity index is 1380. The molecule has 2 aromatic carbocycles. The van der Waals surface area contributed by atoms with Gasteiger partial charge in [-0.3, -0.25) is 14.4 Å². The summed E-state index contributed by atoms with van der Waals surface area (Å²) in [7, 11) is -3.96. The van der Waals surface area contributed by atoms with Crippen LogP contribution in [0.2, 0.25) is 0 Å². The minimum absolute atomic E-state index is 0.147. The van der Waals surface area contributed by atoms with Crippen molar-refractivity contribution in [2.24, 2.45) is 0 Å². The molecule has 1 aliphatic rings. The zero-order chi connectivity index (χ0) is 26.1. The van der Waals surface area contributed by atoms with Gasteiger partial charge in [-0.25, -0.2) is 8.42 Å². The third-order valence-electron chi connectivity index (χ3n) is 5.56. The Hall–Kier alpha value is -2.89. The van der Waals surface area contributed by atoms with Crippen molar-refractivity contribution in [2.75, 3.05) is 21.9 Å². The van der Waals surface area contributed by atoms with Gasteiger partial charge in [-0.1, -0.05) is 73.7 Å². The quantitative estimate of drug-likeness (QED) is 0.253. The molecule has 3 aromatic rings. The molecule has 0 bridgehead atoms. The van der Waals surface area contributed by atoms with Gasteiger partial charge in [-0.15, -0.1) is 16.8 Å². The highest BCUT2D eigenvalue weighted by molar-refractivity contribution is 8.01. The van der Waals surface area contributed by atoms with Gasteiger partial charge in [0.2, 0.25) is 5.13 Å². The lowest BCUT2D eigenvalue weighted by Crippen LogP contribution is -2.49. The number of thioether (sulfide) groups is 1. The van der Waals surface area contributed by atoms with Crippen molar-refractivity contribution in [3.63, 3.8) is 0 Å². The minimum Gasteiger partial charge on any atom is -0.476 e. The summed E-state index contributed by atoms with van der Waals surface area (Å²) in [6.45, 7) is 11.5.